The number of ether oxygens (including phenoxy) is 2. The highest BCUT2D eigenvalue weighted by Gasteiger charge is 2.41. The molecule has 0 radical (unpaired) electrons. The summed E-state index contributed by atoms with van der Waals surface area (Å²) in [6.07, 6.45) is 11.3. The Balaban J connectivity index is 0.875. The van der Waals surface area contributed by atoms with Crippen LogP contribution >= 0.6 is 0 Å². The fourth-order valence-electron chi connectivity index (χ4n) is 11.6. The molecule has 3 amide bonds. The van der Waals surface area contributed by atoms with Crippen LogP contribution in [0.25, 0.3) is 33.6 Å². The minimum absolute atomic E-state index is 0.0536. The number of hydrogen-bond acceptors (Lipinski definition) is 7. The van der Waals surface area contributed by atoms with E-state index in [1.54, 1.807) is 0 Å². The predicted octanol–water partition coefficient (Wildman–Crippen LogP) is 8.01. The van der Waals surface area contributed by atoms with E-state index >= 15 is 0 Å². The largest absolute Gasteiger partial charge is 0.488 e. The summed E-state index contributed by atoms with van der Waals surface area (Å²) >= 11 is 0. The number of amides is 3. The molecular weight excluding hydrogens is 869 g/mol. The van der Waals surface area contributed by atoms with E-state index in [4.69, 9.17) is 19.4 Å². The summed E-state index contributed by atoms with van der Waals surface area (Å²) in [5.74, 6) is 3.69. The van der Waals surface area contributed by atoms with Gasteiger partial charge in [0.15, 0.2) is 6.04 Å². The molecule has 3 aliphatic heterocycles. The second-order valence-corrected chi connectivity index (χ2v) is 20.4. The molecule has 3 fully saturated rings. The predicted molar refractivity (Wildman–Crippen MR) is 265 cm³/mol. The number of imidazole rings is 2. The third-order valence-corrected chi connectivity index (χ3v) is 15.1. The first-order chi connectivity index (χ1) is 33.4. The summed E-state index contributed by atoms with van der Waals surface area (Å²) in [6.45, 7) is 5.51. The van der Waals surface area contributed by atoms with E-state index in [0.717, 1.165) is 112 Å². The number of H-pyrrole nitrogens is 2. The lowest BCUT2D eigenvalue weighted by molar-refractivity contribution is -0.472. The zero-order chi connectivity index (χ0) is 48.1. The molecule has 2 saturated heterocycles. The standard InChI is InChI=1S/C54H66N10O5/c1-31(2)46(60-54(67)68-7)51(65)63-24-10-14-43(63)49-55-29-42(57-49)36-20-22-38-37(26-36)30-69-45-28-39-35(27-40(38)45)21-23-41-48(39)58-50(56-41)44-15-11-25-64(44)52(66)47(59-53(61(3)4)62(5)6)34-18-16-33(17-19-34)32-12-8-9-13-32/h16-20,22,26-29,31-32,43-44,46-47H,8-15,21,23-25,30H2,1-7H3,(H3,55,56,57,58,60,67)/p+1/t43-,44-,46-,47+/m0/s1. The van der Waals surface area contributed by atoms with Crippen molar-refractivity contribution >= 4 is 23.9 Å². The van der Waals surface area contributed by atoms with Gasteiger partial charge < -0.3 is 34.6 Å². The van der Waals surface area contributed by atoms with Crippen LogP contribution in [0, 0.1) is 5.92 Å². The first-order valence-electron chi connectivity index (χ1n) is 25.0. The molecule has 4 N–H and O–H groups in total. The maximum Gasteiger partial charge on any atom is 0.407 e. The van der Waals surface area contributed by atoms with Crippen LogP contribution in [0.2, 0.25) is 0 Å². The van der Waals surface area contributed by atoms with Crippen LogP contribution in [0.4, 0.5) is 4.79 Å². The van der Waals surface area contributed by atoms with Crippen molar-refractivity contribution in [2.24, 2.45) is 5.92 Å². The monoisotopic (exact) mass is 936 g/mol. The van der Waals surface area contributed by atoms with Gasteiger partial charge >= 0.3 is 12.1 Å². The molecule has 0 spiro atoms. The number of hydrogen-bond donors (Lipinski definition) is 4. The van der Waals surface area contributed by atoms with Crippen molar-refractivity contribution in [2.75, 3.05) is 48.4 Å². The van der Waals surface area contributed by atoms with Gasteiger partial charge in [0.1, 0.15) is 30.0 Å². The van der Waals surface area contributed by atoms with Crippen LogP contribution in [-0.2, 0) is 33.8 Å². The van der Waals surface area contributed by atoms with Crippen LogP contribution in [0.1, 0.15) is 129 Å². The van der Waals surface area contributed by atoms with Crippen molar-refractivity contribution in [1.82, 2.24) is 45.3 Å². The Morgan fingerprint density at radius 1 is 0.812 bits per heavy atom. The van der Waals surface area contributed by atoms with Gasteiger partial charge in [-0.25, -0.2) is 14.8 Å². The van der Waals surface area contributed by atoms with E-state index in [-0.39, 0.29) is 29.8 Å². The number of carbonyl (C=O) groups excluding carboxylic acids is 3. The van der Waals surface area contributed by atoms with Crippen molar-refractivity contribution in [3.05, 3.63) is 100 Å². The second-order valence-electron chi connectivity index (χ2n) is 20.4. The molecule has 4 atom stereocenters. The van der Waals surface area contributed by atoms with E-state index < -0.39 is 18.2 Å². The Morgan fingerprint density at radius 3 is 2.23 bits per heavy atom. The van der Waals surface area contributed by atoms with E-state index in [2.05, 4.69) is 75.2 Å². The summed E-state index contributed by atoms with van der Waals surface area (Å²) in [7, 11) is 9.31. The summed E-state index contributed by atoms with van der Waals surface area (Å²) in [6, 6.07) is 18.1. The maximum absolute atomic E-state index is 14.9. The summed E-state index contributed by atoms with van der Waals surface area (Å²) in [5.41, 5.74) is 11.9. The Hall–Kier alpha value is -6.64. The third-order valence-electron chi connectivity index (χ3n) is 15.1. The van der Waals surface area contributed by atoms with Crippen LogP contribution < -0.4 is 15.4 Å². The van der Waals surface area contributed by atoms with Gasteiger partial charge in [0.25, 0.3) is 5.91 Å². The number of benzene rings is 3. The number of aromatic nitrogens is 4. The number of fused-ring (bicyclic) bond motifs is 6. The molecule has 15 nitrogen and oxygen atoms in total. The summed E-state index contributed by atoms with van der Waals surface area (Å²) < 4.78 is 13.4. The molecule has 0 unspecified atom stereocenters. The molecule has 69 heavy (non-hydrogen) atoms. The van der Waals surface area contributed by atoms with Crippen LogP contribution in [-0.4, -0.2) is 118 Å². The molecule has 5 heterocycles. The number of alkyl carbamates (subject to hydrolysis) is 1. The number of nitrogens with one attached hydrogen (secondary N) is 4. The number of aryl methyl sites for hydroxylation is 2. The molecule has 3 aromatic carbocycles. The van der Waals surface area contributed by atoms with E-state index in [1.165, 1.54) is 43.9 Å². The minimum atomic E-state index is -0.693. The Bertz CT molecular complexity index is 2780. The third kappa shape index (κ3) is 8.84. The van der Waals surface area contributed by atoms with Crippen molar-refractivity contribution < 1.29 is 28.4 Å². The van der Waals surface area contributed by atoms with Crippen LogP contribution in [0.5, 0.6) is 5.75 Å². The van der Waals surface area contributed by atoms with Gasteiger partial charge in [-0.05, 0) is 115 Å². The van der Waals surface area contributed by atoms with Gasteiger partial charge in [0.2, 0.25) is 5.91 Å². The number of likely N-dealkylation sites (tertiary alicyclic amines) is 2. The van der Waals surface area contributed by atoms with Crippen molar-refractivity contribution in [3.8, 4) is 39.4 Å². The first-order valence-corrected chi connectivity index (χ1v) is 25.0. The van der Waals surface area contributed by atoms with Gasteiger partial charge in [-0.15, -0.1) is 0 Å². The number of aromatic amines is 2. The number of rotatable bonds is 10. The first kappa shape index (κ1) is 46.1. The van der Waals surface area contributed by atoms with Crippen LogP contribution in [0.3, 0.4) is 0 Å². The van der Waals surface area contributed by atoms with E-state index in [9.17, 15) is 14.4 Å². The van der Waals surface area contributed by atoms with Crippen molar-refractivity contribution in [2.45, 2.75) is 115 Å². The average molecular weight is 936 g/mol. The topological polar surface area (TPSA) is 164 Å². The molecule has 5 aliphatic rings. The van der Waals surface area contributed by atoms with Gasteiger partial charge in [-0.3, -0.25) is 24.4 Å². The van der Waals surface area contributed by atoms with Gasteiger partial charge in [0.05, 0.1) is 65.0 Å². The van der Waals surface area contributed by atoms with Gasteiger partial charge in [-0.2, -0.15) is 0 Å². The lowest BCUT2D eigenvalue weighted by Gasteiger charge is -2.30. The lowest BCUT2D eigenvalue weighted by atomic mass is 9.86. The van der Waals surface area contributed by atoms with Gasteiger partial charge in [-0.1, -0.05) is 63.1 Å². The fourth-order valence-corrected chi connectivity index (χ4v) is 11.6. The number of nitrogens with zero attached hydrogens (tertiary/aromatic N) is 6. The molecule has 0 bridgehead atoms. The highest BCUT2D eigenvalue weighted by molar-refractivity contribution is 5.89. The molecule has 15 heteroatoms. The van der Waals surface area contributed by atoms with Gasteiger partial charge in [0, 0.05) is 29.9 Å². The summed E-state index contributed by atoms with van der Waals surface area (Å²) in [4.78, 5) is 64.0. The maximum atomic E-state index is 14.9. The Labute approximate surface area is 405 Å². The Kier molecular flexibility index (Phi) is 12.7. The number of carbonyl (C=O) groups is 3. The zero-order valence-electron chi connectivity index (χ0n) is 41.2. The highest BCUT2D eigenvalue weighted by atomic mass is 16.5. The molecular formula is C54H67N10O5+. The molecule has 10 rings (SSSR count). The summed E-state index contributed by atoms with van der Waals surface area (Å²) in [5, 5.41) is 6.37. The quantitative estimate of drug-likeness (QED) is 0.0617. The highest BCUT2D eigenvalue weighted by Crippen LogP contribution is 2.46. The average Bonchev–Trinajstić information content (AvgIpc) is 4.22. The lowest BCUT2D eigenvalue weighted by Crippen LogP contribution is -2.51. The van der Waals surface area contributed by atoms with Crippen molar-refractivity contribution in [1.29, 1.82) is 0 Å². The van der Waals surface area contributed by atoms with E-state index in [0.29, 0.717) is 25.6 Å². The smallest absolute Gasteiger partial charge is 0.407 e. The molecule has 362 valence electrons. The number of methoxy groups -OCH3 is 1. The van der Waals surface area contributed by atoms with E-state index in [1.807, 2.05) is 67.5 Å². The minimum Gasteiger partial charge on any atom is -0.488 e. The Morgan fingerprint density at radius 2 is 1.54 bits per heavy atom. The molecule has 5 aromatic rings. The molecule has 2 aromatic heterocycles. The normalized spacial score (nSPS) is 19.2. The van der Waals surface area contributed by atoms with Crippen LogP contribution in [0.15, 0.2) is 60.8 Å². The zero-order valence-corrected chi connectivity index (χ0v) is 41.2. The molecule has 1 saturated carbocycles. The molecule has 2 aliphatic carbocycles. The second kappa shape index (κ2) is 19.0. The van der Waals surface area contributed by atoms with Crippen molar-refractivity contribution in [3.63, 3.8) is 0 Å². The fraction of sp³-hybridized carbons (Fsp3) is 0.481. The SMILES string of the molecule is COC(=O)N[C@H](C(=O)N1CCC[C@H]1c1ncc(-c2ccc3c(c2)COc2cc4c(cc2-3)CCc2[nH]c([C@@H]3CCCN3C(=O)[C@H](NC(N(C)C)=[N+](C)C)c3ccc(C5CCCC5)cc3)nc2-4)[nH]1)C(C)C. The number of guanidine groups is 1.